The molecule has 172 valence electrons. The minimum Gasteiger partial charge on any atom is -0.451 e. The van der Waals surface area contributed by atoms with Crippen LogP contribution in [0, 0.1) is 10.1 Å². The minimum atomic E-state index is -0.868. The Morgan fingerprint density at radius 3 is 2.61 bits per heavy atom. The molecule has 1 amide bonds. The average molecular weight is 473 g/mol. The molecule has 0 fully saturated rings. The summed E-state index contributed by atoms with van der Waals surface area (Å²) in [7, 11) is 0. The van der Waals surface area contributed by atoms with E-state index in [1.54, 1.807) is 24.3 Å². The maximum absolute atomic E-state index is 12.7. The van der Waals surface area contributed by atoms with Crippen LogP contribution in [-0.4, -0.2) is 33.2 Å². The Kier molecular flexibility index (Phi) is 7.73. The topological polar surface area (TPSA) is 133 Å². The van der Waals surface area contributed by atoms with Gasteiger partial charge in [0.05, 0.1) is 10.3 Å². The first-order valence-corrected chi connectivity index (χ1v) is 10.6. The third-order valence-electron chi connectivity index (χ3n) is 4.80. The predicted molar refractivity (Wildman–Crippen MR) is 123 cm³/mol. The Balaban J connectivity index is 1.76. The molecule has 0 spiro atoms. The lowest BCUT2D eigenvalue weighted by Gasteiger charge is -2.11. The van der Waals surface area contributed by atoms with E-state index in [4.69, 9.17) is 16.3 Å². The van der Waals surface area contributed by atoms with Crippen molar-refractivity contribution in [3.05, 3.63) is 73.6 Å². The molecule has 0 saturated carbocycles. The second kappa shape index (κ2) is 10.7. The molecule has 33 heavy (non-hydrogen) atoms. The molecular formula is C22H21ClN4O6. The van der Waals surface area contributed by atoms with Gasteiger partial charge in [-0.25, -0.2) is 9.48 Å². The zero-order valence-electron chi connectivity index (χ0n) is 17.7. The van der Waals surface area contributed by atoms with Crippen LogP contribution >= 0.6 is 11.6 Å². The summed E-state index contributed by atoms with van der Waals surface area (Å²) in [5.41, 5.74) is -0.621. The number of anilines is 1. The second-order valence-electron chi connectivity index (χ2n) is 7.18. The fourth-order valence-electron chi connectivity index (χ4n) is 3.18. The molecule has 0 aliphatic carbocycles. The van der Waals surface area contributed by atoms with Gasteiger partial charge in [0.1, 0.15) is 5.02 Å². The first kappa shape index (κ1) is 23.9. The number of hydrogen-bond donors (Lipinski definition) is 1. The first-order chi connectivity index (χ1) is 15.8. The fourth-order valence-corrected chi connectivity index (χ4v) is 3.36. The SMILES string of the molecule is CCCCCn1nc(C(=O)OCC(=O)Nc2ccc(Cl)c([N+](=O)[O-])c2)c2ccccc2c1=O. The van der Waals surface area contributed by atoms with Crippen LogP contribution in [0.3, 0.4) is 0 Å². The number of benzene rings is 2. The van der Waals surface area contributed by atoms with Crippen LogP contribution in [0.2, 0.25) is 5.02 Å². The van der Waals surface area contributed by atoms with Gasteiger partial charge in [-0.1, -0.05) is 49.6 Å². The van der Waals surface area contributed by atoms with E-state index >= 15 is 0 Å². The van der Waals surface area contributed by atoms with Crippen molar-refractivity contribution in [2.75, 3.05) is 11.9 Å². The number of hydrogen-bond acceptors (Lipinski definition) is 7. The van der Waals surface area contributed by atoms with Crippen molar-refractivity contribution in [1.29, 1.82) is 0 Å². The number of nitrogens with zero attached hydrogens (tertiary/aromatic N) is 3. The Labute approximate surface area is 193 Å². The summed E-state index contributed by atoms with van der Waals surface area (Å²) in [6, 6.07) is 10.3. The van der Waals surface area contributed by atoms with E-state index in [2.05, 4.69) is 10.4 Å². The van der Waals surface area contributed by atoms with Crippen molar-refractivity contribution in [3.8, 4) is 0 Å². The highest BCUT2D eigenvalue weighted by atomic mass is 35.5. The Morgan fingerprint density at radius 1 is 1.18 bits per heavy atom. The van der Waals surface area contributed by atoms with Gasteiger partial charge in [0.2, 0.25) is 0 Å². The van der Waals surface area contributed by atoms with Crippen LogP contribution in [0.4, 0.5) is 11.4 Å². The highest BCUT2D eigenvalue weighted by Crippen LogP contribution is 2.27. The molecule has 0 atom stereocenters. The van der Waals surface area contributed by atoms with Crippen LogP contribution < -0.4 is 10.9 Å². The van der Waals surface area contributed by atoms with E-state index in [0.717, 1.165) is 25.3 Å². The largest absolute Gasteiger partial charge is 0.451 e. The number of carbonyl (C=O) groups excluding carboxylic acids is 2. The first-order valence-electron chi connectivity index (χ1n) is 10.2. The lowest BCUT2D eigenvalue weighted by Crippen LogP contribution is -2.28. The Hall–Kier alpha value is -3.79. The van der Waals surface area contributed by atoms with Crippen LogP contribution in [0.5, 0.6) is 0 Å². The summed E-state index contributed by atoms with van der Waals surface area (Å²) < 4.78 is 6.34. The summed E-state index contributed by atoms with van der Waals surface area (Å²) in [5, 5.41) is 18.2. The van der Waals surface area contributed by atoms with E-state index in [0.29, 0.717) is 17.3 Å². The molecule has 1 heterocycles. The van der Waals surface area contributed by atoms with Gasteiger partial charge in [-0.3, -0.25) is 19.7 Å². The van der Waals surface area contributed by atoms with E-state index in [1.807, 2.05) is 6.92 Å². The average Bonchev–Trinajstić information content (AvgIpc) is 2.80. The van der Waals surface area contributed by atoms with Crippen LogP contribution in [-0.2, 0) is 16.1 Å². The molecule has 0 aliphatic rings. The summed E-state index contributed by atoms with van der Waals surface area (Å²) >= 11 is 5.75. The number of esters is 1. The zero-order valence-corrected chi connectivity index (χ0v) is 18.5. The summed E-state index contributed by atoms with van der Waals surface area (Å²) in [6.07, 6.45) is 2.60. The van der Waals surface area contributed by atoms with E-state index in [-0.39, 0.29) is 27.7 Å². The maximum Gasteiger partial charge on any atom is 0.359 e. The molecule has 3 aromatic rings. The van der Waals surface area contributed by atoms with Gasteiger partial charge in [-0.15, -0.1) is 0 Å². The number of nitro benzene ring substituents is 1. The van der Waals surface area contributed by atoms with Gasteiger partial charge in [-0.2, -0.15) is 5.10 Å². The number of aromatic nitrogens is 2. The van der Waals surface area contributed by atoms with Crippen molar-refractivity contribution in [3.63, 3.8) is 0 Å². The number of halogens is 1. The number of nitro groups is 1. The molecule has 1 N–H and O–H groups in total. The second-order valence-corrected chi connectivity index (χ2v) is 7.58. The van der Waals surface area contributed by atoms with Gasteiger partial charge in [0, 0.05) is 23.7 Å². The molecule has 10 nitrogen and oxygen atoms in total. The van der Waals surface area contributed by atoms with Crippen LogP contribution in [0.15, 0.2) is 47.3 Å². The summed E-state index contributed by atoms with van der Waals surface area (Å²) in [5.74, 6) is -1.58. The molecule has 11 heteroatoms. The normalized spacial score (nSPS) is 10.7. The highest BCUT2D eigenvalue weighted by Gasteiger charge is 2.20. The number of fused-ring (bicyclic) bond motifs is 1. The molecule has 0 bridgehead atoms. The van der Waals surface area contributed by atoms with Crippen molar-refractivity contribution >= 4 is 45.6 Å². The van der Waals surface area contributed by atoms with E-state index in [9.17, 15) is 24.5 Å². The molecule has 0 aliphatic heterocycles. The Bertz CT molecular complexity index is 1270. The molecule has 0 radical (unpaired) electrons. The molecule has 0 unspecified atom stereocenters. The van der Waals surface area contributed by atoms with Gasteiger partial charge < -0.3 is 10.1 Å². The molecular weight excluding hydrogens is 452 g/mol. The molecule has 3 rings (SSSR count). The van der Waals surface area contributed by atoms with Crippen molar-refractivity contribution < 1.29 is 19.2 Å². The van der Waals surface area contributed by atoms with Crippen LogP contribution in [0.25, 0.3) is 10.8 Å². The maximum atomic E-state index is 12.7. The number of unbranched alkanes of at least 4 members (excludes halogenated alkanes) is 2. The molecule has 1 aromatic heterocycles. The van der Waals surface area contributed by atoms with Crippen molar-refractivity contribution in [1.82, 2.24) is 9.78 Å². The zero-order chi connectivity index (χ0) is 24.0. The quantitative estimate of drug-likeness (QED) is 0.216. The van der Waals surface area contributed by atoms with Crippen molar-refractivity contribution in [2.45, 2.75) is 32.7 Å². The summed E-state index contributed by atoms with van der Waals surface area (Å²) in [6.45, 7) is 1.74. The number of nitrogens with one attached hydrogen (secondary N) is 1. The lowest BCUT2D eigenvalue weighted by atomic mass is 10.1. The summed E-state index contributed by atoms with van der Waals surface area (Å²) in [4.78, 5) is 47.9. The monoisotopic (exact) mass is 472 g/mol. The fraction of sp³-hybridized carbons (Fsp3) is 0.273. The third kappa shape index (κ3) is 5.72. The molecule has 0 saturated heterocycles. The number of aryl methyl sites for hydroxylation is 1. The highest BCUT2D eigenvalue weighted by molar-refractivity contribution is 6.32. The van der Waals surface area contributed by atoms with Crippen LogP contribution in [0.1, 0.15) is 36.7 Å². The van der Waals surface area contributed by atoms with Gasteiger partial charge in [-0.05, 0) is 24.6 Å². The number of ether oxygens (including phenoxy) is 1. The predicted octanol–water partition coefficient (Wildman–Crippen LogP) is 3.94. The standard InChI is InChI=1S/C22H21ClN4O6/c1-2-3-6-11-26-21(29)16-8-5-4-7-15(16)20(25-26)22(30)33-13-19(28)24-14-9-10-17(23)18(12-14)27(31)32/h4-5,7-10,12H,2-3,6,11,13H2,1H3,(H,24,28). The van der Waals surface area contributed by atoms with Gasteiger partial charge in [0.25, 0.3) is 17.2 Å². The van der Waals surface area contributed by atoms with E-state index < -0.39 is 23.4 Å². The lowest BCUT2D eigenvalue weighted by molar-refractivity contribution is -0.384. The van der Waals surface area contributed by atoms with Gasteiger partial charge >= 0.3 is 5.97 Å². The number of rotatable bonds is 9. The smallest absolute Gasteiger partial charge is 0.359 e. The number of amides is 1. The third-order valence-corrected chi connectivity index (χ3v) is 5.12. The van der Waals surface area contributed by atoms with Gasteiger partial charge in [0.15, 0.2) is 12.3 Å². The van der Waals surface area contributed by atoms with Crippen molar-refractivity contribution in [2.24, 2.45) is 0 Å². The van der Waals surface area contributed by atoms with E-state index in [1.165, 1.54) is 16.8 Å². The Morgan fingerprint density at radius 2 is 1.91 bits per heavy atom. The number of carbonyl (C=O) groups is 2. The molecule has 2 aromatic carbocycles. The minimum absolute atomic E-state index is 0.0726.